The number of carbonyl (C=O) groups excluding carboxylic acids is 1. The smallest absolute Gasteiger partial charge is 0.253 e. The number of amides is 1. The summed E-state index contributed by atoms with van der Waals surface area (Å²) >= 11 is 1.56. The lowest BCUT2D eigenvalue weighted by atomic mass is 10.1. The molecule has 8 heteroatoms. The van der Waals surface area contributed by atoms with Gasteiger partial charge in [0.25, 0.3) is 5.91 Å². The van der Waals surface area contributed by atoms with Crippen LogP contribution in [0, 0.1) is 25.7 Å². The Morgan fingerprint density at radius 1 is 1.13 bits per heavy atom. The standard InChI is InChI=1S/C23H22N6OS/c1-12-13(2)27-28-22-18(12)19-20(31-22)21(26-11-25-19)24-8-14-3-5-15(6-4-14)23(30)29-9-16-7-17(16)10-29/h3-6,11,16-17H,7-10H2,1-2H3,(H,24,25,26). The lowest BCUT2D eigenvalue weighted by Crippen LogP contribution is -2.30. The van der Waals surface area contributed by atoms with Crippen molar-refractivity contribution < 1.29 is 4.79 Å². The first-order chi connectivity index (χ1) is 15.1. The lowest BCUT2D eigenvalue weighted by Gasteiger charge is -2.18. The average molecular weight is 431 g/mol. The Labute approximate surface area is 183 Å². The van der Waals surface area contributed by atoms with E-state index in [1.807, 2.05) is 36.1 Å². The predicted molar refractivity (Wildman–Crippen MR) is 121 cm³/mol. The van der Waals surface area contributed by atoms with Gasteiger partial charge < -0.3 is 10.2 Å². The molecule has 4 heterocycles. The normalized spacial score (nSPS) is 19.7. The molecule has 2 fully saturated rings. The monoisotopic (exact) mass is 430 g/mol. The maximum atomic E-state index is 12.7. The maximum Gasteiger partial charge on any atom is 0.253 e. The first-order valence-electron chi connectivity index (χ1n) is 10.6. The topological polar surface area (TPSA) is 83.9 Å². The van der Waals surface area contributed by atoms with Gasteiger partial charge in [0.15, 0.2) is 0 Å². The number of likely N-dealkylation sites (tertiary alicyclic amines) is 1. The Bertz CT molecular complexity index is 1320. The van der Waals surface area contributed by atoms with Gasteiger partial charge in [-0.25, -0.2) is 9.97 Å². The highest BCUT2D eigenvalue weighted by molar-refractivity contribution is 7.25. The fourth-order valence-corrected chi connectivity index (χ4v) is 5.61. The number of hydrogen-bond donors (Lipinski definition) is 1. The van der Waals surface area contributed by atoms with Crippen molar-refractivity contribution in [3.05, 3.63) is 53.0 Å². The number of benzene rings is 1. The number of rotatable bonds is 4. The molecular formula is C23H22N6OS. The lowest BCUT2D eigenvalue weighted by molar-refractivity contribution is 0.0775. The van der Waals surface area contributed by atoms with E-state index in [0.29, 0.717) is 6.54 Å². The summed E-state index contributed by atoms with van der Waals surface area (Å²) in [4.78, 5) is 24.5. The minimum atomic E-state index is 0.154. The number of hydrogen-bond acceptors (Lipinski definition) is 7. The molecule has 7 nitrogen and oxygen atoms in total. The molecule has 0 bridgehead atoms. The van der Waals surface area contributed by atoms with E-state index in [1.165, 1.54) is 6.42 Å². The minimum Gasteiger partial charge on any atom is -0.365 e. The fraction of sp³-hybridized carbons (Fsp3) is 0.348. The molecule has 156 valence electrons. The summed E-state index contributed by atoms with van der Waals surface area (Å²) in [5, 5.41) is 13.1. The first-order valence-corrected chi connectivity index (χ1v) is 11.4. The highest BCUT2D eigenvalue weighted by Gasteiger charge is 2.46. The molecule has 1 aromatic carbocycles. The number of nitrogens with one attached hydrogen (secondary N) is 1. The van der Waals surface area contributed by atoms with Crippen molar-refractivity contribution in [2.45, 2.75) is 26.8 Å². The molecular weight excluding hydrogens is 408 g/mol. The molecule has 2 unspecified atom stereocenters. The summed E-state index contributed by atoms with van der Waals surface area (Å²) in [6.45, 7) is 6.49. The van der Waals surface area contributed by atoms with E-state index in [0.717, 1.165) is 73.6 Å². The summed E-state index contributed by atoms with van der Waals surface area (Å²) in [6.07, 6.45) is 2.89. The quantitative estimate of drug-likeness (QED) is 0.528. The van der Waals surface area contributed by atoms with Gasteiger partial charge in [-0.1, -0.05) is 12.1 Å². The van der Waals surface area contributed by atoms with Gasteiger partial charge >= 0.3 is 0 Å². The third-order valence-corrected chi connectivity index (χ3v) is 7.66. The van der Waals surface area contributed by atoms with Gasteiger partial charge in [-0.05, 0) is 55.4 Å². The zero-order valence-corrected chi connectivity index (χ0v) is 18.2. The number of thiophene rings is 1. The van der Waals surface area contributed by atoms with Crippen LogP contribution in [0.25, 0.3) is 20.4 Å². The zero-order valence-electron chi connectivity index (χ0n) is 17.4. The van der Waals surface area contributed by atoms with E-state index >= 15 is 0 Å². The summed E-state index contributed by atoms with van der Waals surface area (Å²) in [7, 11) is 0. The Morgan fingerprint density at radius 3 is 2.68 bits per heavy atom. The second-order valence-electron chi connectivity index (χ2n) is 8.61. The van der Waals surface area contributed by atoms with Crippen molar-refractivity contribution in [3.63, 3.8) is 0 Å². The van der Waals surface area contributed by atoms with Gasteiger partial charge in [-0.3, -0.25) is 4.79 Å². The summed E-state index contributed by atoms with van der Waals surface area (Å²) in [5.74, 6) is 2.46. The Balaban J connectivity index is 1.21. The van der Waals surface area contributed by atoms with Crippen LogP contribution >= 0.6 is 11.3 Å². The SMILES string of the molecule is Cc1nnc2sc3c(NCc4ccc(C(=O)N5CC6CC6C5)cc4)ncnc3c2c1C. The van der Waals surface area contributed by atoms with E-state index < -0.39 is 0 Å². The van der Waals surface area contributed by atoms with Gasteiger partial charge in [-0.15, -0.1) is 16.4 Å². The van der Waals surface area contributed by atoms with Gasteiger partial charge in [0, 0.05) is 30.6 Å². The van der Waals surface area contributed by atoms with Crippen molar-refractivity contribution in [1.82, 2.24) is 25.1 Å². The van der Waals surface area contributed by atoms with Crippen LogP contribution in [-0.4, -0.2) is 44.1 Å². The molecule has 6 rings (SSSR count). The van der Waals surface area contributed by atoms with Crippen molar-refractivity contribution >= 4 is 43.5 Å². The Hall–Kier alpha value is -3.13. The fourth-order valence-electron chi connectivity index (χ4n) is 4.51. The number of fused-ring (bicyclic) bond motifs is 4. The number of anilines is 1. The number of aryl methyl sites for hydroxylation is 2. The highest BCUT2D eigenvalue weighted by Crippen LogP contribution is 2.45. The van der Waals surface area contributed by atoms with Crippen LogP contribution < -0.4 is 5.32 Å². The van der Waals surface area contributed by atoms with Crippen LogP contribution in [0.2, 0.25) is 0 Å². The Kier molecular flexibility index (Phi) is 4.17. The zero-order chi connectivity index (χ0) is 21.1. The largest absolute Gasteiger partial charge is 0.365 e. The molecule has 2 aliphatic rings. The van der Waals surface area contributed by atoms with Crippen molar-refractivity contribution in [2.24, 2.45) is 11.8 Å². The molecule has 1 N–H and O–H groups in total. The minimum absolute atomic E-state index is 0.154. The second kappa shape index (κ2) is 6.95. The maximum absolute atomic E-state index is 12.7. The second-order valence-corrected chi connectivity index (χ2v) is 9.61. The van der Waals surface area contributed by atoms with E-state index in [9.17, 15) is 4.79 Å². The van der Waals surface area contributed by atoms with Crippen LogP contribution in [0.5, 0.6) is 0 Å². The van der Waals surface area contributed by atoms with Crippen LogP contribution in [0.1, 0.15) is 33.6 Å². The number of piperidine rings is 1. The summed E-state index contributed by atoms with van der Waals surface area (Å²) < 4.78 is 0.986. The first kappa shape index (κ1) is 18.6. The average Bonchev–Trinajstić information content (AvgIpc) is 3.21. The van der Waals surface area contributed by atoms with E-state index in [-0.39, 0.29) is 5.91 Å². The molecule has 0 radical (unpaired) electrons. The molecule has 0 spiro atoms. The van der Waals surface area contributed by atoms with Crippen LogP contribution in [0.3, 0.4) is 0 Å². The van der Waals surface area contributed by atoms with Crippen molar-refractivity contribution in [2.75, 3.05) is 18.4 Å². The molecule has 1 aliphatic heterocycles. The van der Waals surface area contributed by atoms with Gasteiger partial charge in [-0.2, -0.15) is 5.10 Å². The van der Waals surface area contributed by atoms with E-state index in [1.54, 1.807) is 17.7 Å². The Morgan fingerprint density at radius 2 is 1.90 bits per heavy atom. The highest BCUT2D eigenvalue weighted by atomic mass is 32.1. The third-order valence-electron chi connectivity index (χ3n) is 6.59. The van der Waals surface area contributed by atoms with Crippen LogP contribution in [0.4, 0.5) is 5.82 Å². The number of aromatic nitrogens is 4. The van der Waals surface area contributed by atoms with E-state index in [4.69, 9.17) is 0 Å². The van der Waals surface area contributed by atoms with Crippen LogP contribution in [-0.2, 0) is 6.54 Å². The summed E-state index contributed by atoms with van der Waals surface area (Å²) in [6, 6.07) is 7.89. The molecule has 1 amide bonds. The third kappa shape index (κ3) is 3.13. The van der Waals surface area contributed by atoms with E-state index in [2.05, 4.69) is 32.4 Å². The molecule has 4 aromatic rings. The predicted octanol–water partition coefficient (Wildman–Crippen LogP) is 3.96. The molecule has 2 atom stereocenters. The van der Waals surface area contributed by atoms with Crippen molar-refractivity contribution in [3.8, 4) is 0 Å². The molecule has 1 saturated heterocycles. The molecule has 1 aliphatic carbocycles. The van der Waals surface area contributed by atoms with Crippen molar-refractivity contribution in [1.29, 1.82) is 0 Å². The van der Waals surface area contributed by atoms with Gasteiger partial charge in [0.2, 0.25) is 0 Å². The molecule has 3 aromatic heterocycles. The number of carbonyl (C=O) groups is 1. The van der Waals surface area contributed by atoms with Crippen LogP contribution in [0.15, 0.2) is 30.6 Å². The van der Waals surface area contributed by atoms with Gasteiger partial charge in [0.1, 0.15) is 17.0 Å². The summed E-state index contributed by atoms with van der Waals surface area (Å²) in [5.41, 5.74) is 4.80. The molecule has 1 saturated carbocycles. The number of nitrogens with zero attached hydrogens (tertiary/aromatic N) is 5. The molecule has 31 heavy (non-hydrogen) atoms. The van der Waals surface area contributed by atoms with Gasteiger partial charge in [0.05, 0.1) is 15.9 Å².